The molecule has 2 amide bonds. The summed E-state index contributed by atoms with van der Waals surface area (Å²) in [6, 6.07) is 8.20. The number of carbonyl (C=O) groups excluding carboxylic acids is 2. The SMILES string of the molecule is CC[C@H]1CCCCN1C(=O)CSc1nc2ccccc2n1CC(=O)N1CCOCC1. The molecule has 2 aromatic rings. The first-order chi connectivity index (χ1) is 14.7. The van der Waals surface area contributed by atoms with Gasteiger partial charge in [0.15, 0.2) is 5.16 Å². The minimum atomic E-state index is 0.0664. The van der Waals surface area contributed by atoms with Gasteiger partial charge in [-0.05, 0) is 37.8 Å². The number of piperidine rings is 1. The summed E-state index contributed by atoms with van der Waals surface area (Å²) >= 11 is 1.44. The predicted octanol–water partition coefficient (Wildman–Crippen LogP) is 2.78. The summed E-state index contributed by atoms with van der Waals surface area (Å²) in [4.78, 5) is 34.4. The molecule has 1 aromatic heterocycles. The average Bonchev–Trinajstić information content (AvgIpc) is 3.15. The van der Waals surface area contributed by atoms with Crippen molar-refractivity contribution in [3.8, 4) is 0 Å². The maximum atomic E-state index is 12.9. The number of aromatic nitrogens is 2. The Labute approximate surface area is 181 Å². The molecule has 0 radical (unpaired) electrons. The van der Waals surface area contributed by atoms with Crippen LogP contribution >= 0.6 is 11.8 Å². The molecule has 0 N–H and O–H groups in total. The van der Waals surface area contributed by atoms with E-state index in [1.54, 1.807) is 0 Å². The molecule has 0 saturated carbocycles. The molecule has 2 aliphatic rings. The molecular formula is C22H30N4O3S. The van der Waals surface area contributed by atoms with Crippen molar-refractivity contribution >= 4 is 34.6 Å². The highest BCUT2D eigenvalue weighted by Crippen LogP contribution is 2.26. The number of rotatable bonds is 6. The standard InChI is InChI=1S/C22H30N4O3S/c1-2-17-7-5-6-10-25(17)21(28)16-30-22-23-18-8-3-4-9-19(18)26(22)15-20(27)24-11-13-29-14-12-24/h3-4,8-9,17H,2,5-7,10-16H2,1H3/t17-/m0/s1. The molecule has 0 spiro atoms. The molecule has 0 aliphatic carbocycles. The van der Waals surface area contributed by atoms with Gasteiger partial charge in [0.25, 0.3) is 0 Å². The highest BCUT2D eigenvalue weighted by molar-refractivity contribution is 7.99. The van der Waals surface area contributed by atoms with Crippen LogP contribution in [0.2, 0.25) is 0 Å². The second kappa shape index (κ2) is 9.83. The van der Waals surface area contributed by atoms with E-state index in [9.17, 15) is 9.59 Å². The summed E-state index contributed by atoms with van der Waals surface area (Å²) in [5.74, 6) is 0.590. The fraction of sp³-hybridized carbons (Fsp3) is 0.591. The van der Waals surface area contributed by atoms with E-state index in [0.29, 0.717) is 38.1 Å². The third-order valence-corrected chi connectivity index (χ3v) is 6.98. The van der Waals surface area contributed by atoms with Crippen molar-refractivity contribution in [3.05, 3.63) is 24.3 Å². The number of hydrogen-bond donors (Lipinski definition) is 0. The van der Waals surface area contributed by atoms with Crippen molar-refractivity contribution in [1.29, 1.82) is 0 Å². The lowest BCUT2D eigenvalue weighted by Gasteiger charge is -2.35. The van der Waals surface area contributed by atoms with Gasteiger partial charge in [-0.1, -0.05) is 30.8 Å². The number of para-hydroxylation sites is 2. The van der Waals surface area contributed by atoms with E-state index < -0.39 is 0 Å². The molecule has 0 bridgehead atoms. The van der Waals surface area contributed by atoms with E-state index in [1.807, 2.05) is 38.6 Å². The fourth-order valence-corrected chi connectivity index (χ4v) is 5.23. The van der Waals surface area contributed by atoms with Crippen molar-refractivity contribution in [2.24, 2.45) is 0 Å². The van der Waals surface area contributed by atoms with Gasteiger partial charge in [-0.15, -0.1) is 0 Å². The summed E-state index contributed by atoms with van der Waals surface area (Å²) in [5.41, 5.74) is 1.78. The van der Waals surface area contributed by atoms with Crippen molar-refractivity contribution in [3.63, 3.8) is 0 Å². The molecule has 30 heavy (non-hydrogen) atoms. The normalized spacial score (nSPS) is 20.0. The summed E-state index contributed by atoms with van der Waals surface area (Å²) in [6.07, 6.45) is 4.39. The van der Waals surface area contributed by atoms with Gasteiger partial charge < -0.3 is 19.1 Å². The third kappa shape index (κ3) is 4.64. The first-order valence-corrected chi connectivity index (χ1v) is 11.9. The number of nitrogens with zero attached hydrogens (tertiary/aromatic N) is 4. The zero-order valence-corrected chi connectivity index (χ0v) is 18.4. The molecule has 1 aromatic carbocycles. The van der Waals surface area contributed by atoms with Crippen LogP contribution in [-0.4, -0.2) is 75.8 Å². The van der Waals surface area contributed by atoms with Crippen molar-refractivity contribution < 1.29 is 14.3 Å². The molecule has 3 heterocycles. The minimum Gasteiger partial charge on any atom is -0.378 e. The Morgan fingerprint density at radius 1 is 1.13 bits per heavy atom. The van der Waals surface area contributed by atoms with Crippen molar-refractivity contribution in [2.75, 3.05) is 38.6 Å². The van der Waals surface area contributed by atoms with Crippen LogP contribution in [0, 0.1) is 0 Å². The molecule has 162 valence electrons. The smallest absolute Gasteiger partial charge is 0.242 e. The van der Waals surface area contributed by atoms with Gasteiger partial charge in [-0.25, -0.2) is 4.98 Å². The summed E-state index contributed by atoms with van der Waals surface area (Å²) < 4.78 is 7.32. The number of benzene rings is 1. The molecule has 1 atom stereocenters. The molecule has 2 saturated heterocycles. The van der Waals surface area contributed by atoms with Gasteiger partial charge in [0.2, 0.25) is 11.8 Å². The van der Waals surface area contributed by atoms with Crippen LogP contribution in [-0.2, 0) is 20.9 Å². The molecule has 7 nitrogen and oxygen atoms in total. The Bertz CT molecular complexity index is 894. The zero-order valence-electron chi connectivity index (χ0n) is 17.6. The Morgan fingerprint density at radius 2 is 1.93 bits per heavy atom. The number of thioether (sulfide) groups is 1. The van der Waals surface area contributed by atoms with Crippen LogP contribution < -0.4 is 0 Å². The summed E-state index contributed by atoms with van der Waals surface area (Å²) in [5, 5.41) is 0.733. The number of fused-ring (bicyclic) bond motifs is 1. The van der Waals surface area contributed by atoms with E-state index in [4.69, 9.17) is 9.72 Å². The Morgan fingerprint density at radius 3 is 2.73 bits per heavy atom. The van der Waals surface area contributed by atoms with Crippen molar-refractivity contribution in [2.45, 2.75) is 50.4 Å². The van der Waals surface area contributed by atoms with Gasteiger partial charge >= 0.3 is 0 Å². The van der Waals surface area contributed by atoms with Crippen LogP contribution in [0.3, 0.4) is 0 Å². The molecule has 2 aliphatic heterocycles. The Hall–Kier alpha value is -2.06. The fourth-order valence-electron chi connectivity index (χ4n) is 4.33. The van der Waals surface area contributed by atoms with Crippen LogP contribution in [0.5, 0.6) is 0 Å². The van der Waals surface area contributed by atoms with Crippen LogP contribution in [0.4, 0.5) is 0 Å². The van der Waals surface area contributed by atoms with E-state index in [2.05, 4.69) is 6.92 Å². The molecular weight excluding hydrogens is 400 g/mol. The van der Waals surface area contributed by atoms with Gasteiger partial charge in [0, 0.05) is 25.7 Å². The highest BCUT2D eigenvalue weighted by atomic mass is 32.2. The first kappa shape index (κ1) is 21.2. The number of ether oxygens (including phenoxy) is 1. The topological polar surface area (TPSA) is 67.7 Å². The number of amides is 2. The largest absolute Gasteiger partial charge is 0.378 e. The predicted molar refractivity (Wildman–Crippen MR) is 117 cm³/mol. The van der Waals surface area contributed by atoms with E-state index in [1.165, 1.54) is 18.2 Å². The number of likely N-dealkylation sites (tertiary alicyclic amines) is 1. The van der Waals surface area contributed by atoms with E-state index in [-0.39, 0.29) is 18.4 Å². The number of morpholine rings is 1. The van der Waals surface area contributed by atoms with Crippen LogP contribution in [0.1, 0.15) is 32.6 Å². The first-order valence-electron chi connectivity index (χ1n) is 10.9. The second-order valence-electron chi connectivity index (χ2n) is 7.90. The number of carbonyl (C=O) groups is 2. The van der Waals surface area contributed by atoms with Gasteiger partial charge in [0.1, 0.15) is 6.54 Å². The van der Waals surface area contributed by atoms with Gasteiger partial charge in [-0.2, -0.15) is 0 Å². The van der Waals surface area contributed by atoms with Crippen LogP contribution in [0.15, 0.2) is 29.4 Å². The summed E-state index contributed by atoms with van der Waals surface area (Å²) in [6.45, 7) is 5.66. The van der Waals surface area contributed by atoms with E-state index in [0.717, 1.165) is 42.0 Å². The highest BCUT2D eigenvalue weighted by Gasteiger charge is 2.26. The van der Waals surface area contributed by atoms with Gasteiger partial charge in [0.05, 0.1) is 30.0 Å². The lowest BCUT2D eigenvalue weighted by Crippen LogP contribution is -2.44. The maximum Gasteiger partial charge on any atom is 0.242 e. The Kier molecular flexibility index (Phi) is 6.94. The van der Waals surface area contributed by atoms with Crippen LogP contribution in [0.25, 0.3) is 11.0 Å². The minimum absolute atomic E-state index is 0.0664. The molecule has 0 unspecified atom stereocenters. The maximum absolute atomic E-state index is 12.9. The molecule has 8 heteroatoms. The molecule has 2 fully saturated rings. The summed E-state index contributed by atoms with van der Waals surface area (Å²) in [7, 11) is 0. The van der Waals surface area contributed by atoms with E-state index >= 15 is 0 Å². The third-order valence-electron chi connectivity index (χ3n) is 6.02. The monoisotopic (exact) mass is 430 g/mol. The lowest BCUT2D eigenvalue weighted by molar-refractivity contribution is -0.136. The average molecular weight is 431 g/mol. The van der Waals surface area contributed by atoms with Crippen molar-refractivity contribution in [1.82, 2.24) is 19.4 Å². The van der Waals surface area contributed by atoms with Gasteiger partial charge in [-0.3, -0.25) is 9.59 Å². The quantitative estimate of drug-likeness (QED) is 0.660. The number of hydrogen-bond acceptors (Lipinski definition) is 5. The molecule has 4 rings (SSSR count). The second-order valence-corrected chi connectivity index (χ2v) is 8.84. The zero-order chi connectivity index (χ0) is 20.9. The Balaban J connectivity index is 1.49. The number of imidazole rings is 1. The lowest BCUT2D eigenvalue weighted by atomic mass is 10.0.